The van der Waals surface area contributed by atoms with Crippen LogP contribution < -0.4 is 5.32 Å². The smallest absolute Gasteiger partial charge is 0.335 e. The van der Waals surface area contributed by atoms with Crippen LogP contribution in [-0.4, -0.2) is 28.6 Å². The van der Waals surface area contributed by atoms with E-state index in [-0.39, 0.29) is 17.2 Å². The number of aromatic hydroxyl groups is 1. The van der Waals surface area contributed by atoms with E-state index in [9.17, 15) is 14.7 Å². The van der Waals surface area contributed by atoms with Crippen LogP contribution in [0.15, 0.2) is 42.5 Å². The summed E-state index contributed by atoms with van der Waals surface area (Å²) >= 11 is 0. The molecule has 2 aromatic rings. The topological polar surface area (TPSA) is 86.6 Å². The molecular weight excluding hydrogens is 282 g/mol. The van der Waals surface area contributed by atoms with Crippen molar-refractivity contribution in [2.45, 2.75) is 13.3 Å². The van der Waals surface area contributed by atoms with Crippen molar-refractivity contribution < 1.29 is 19.8 Å². The van der Waals surface area contributed by atoms with Gasteiger partial charge >= 0.3 is 5.97 Å². The Hall–Kier alpha value is -2.82. The highest BCUT2D eigenvalue weighted by molar-refractivity contribution is 5.94. The number of phenols is 1. The van der Waals surface area contributed by atoms with E-state index >= 15 is 0 Å². The molecule has 5 nitrogen and oxygen atoms in total. The van der Waals surface area contributed by atoms with Gasteiger partial charge in [0.1, 0.15) is 5.75 Å². The third-order valence-corrected chi connectivity index (χ3v) is 3.25. The van der Waals surface area contributed by atoms with Gasteiger partial charge in [-0.15, -0.1) is 0 Å². The van der Waals surface area contributed by atoms with E-state index in [1.807, 2.05) is 13.0 Å². The summed E-state index contributed by atoms with van der Waals surface area (Å²) in [5.41, 5.74) is 1.98. The lowest BCUT2D eigenvalue weighted by atomic mass is 10.00. The molecule has 0 bridgehead atoms. The SMILES string of the molecule is CCNC(=O)c1cccc(Cc2cc(C(=O)O)ccc2O)c1. The molecule has 0 heterocycles. The number of carbonyl (C=O) groups excluding carboxylic acids is 1. The van der Waals surface area contributed by atoms with E-state index in [1.54, 1.807) is 18.2 Å². The highest BCUT2D eigenvalue weighted by atomic mass is 16.4. The third kappa shape index (κ3) is 3.63. The molecule has 0 aliphatic carbocycles. The minimum Gasteiger partial charge on any atom is -0.508 e. The van der Waals surface area contributed by atoms with Gasteiger partial charge in [-0.2, -0.15) is 0 Å². The zero-order chi connectivity index (χ0) is 16.1. The second-order valence-electron chi connectivity index (χ2n) is 4.89. The van der Waals surface area contributed by atoms with E-state index in [2.05, 4.69) is 5.32 Å². The van der Waals surface area contributed by atoms with Crippen LogP contribution >= 0.6 is 0 Å². The van der Waals surface area contributed by atoms with E-state index in [0.29, 0.717) is 24.1 Å². The Bertz CT molecular complexity index is 710. The maximum atomic E-state index is 11.8. The van der Waals surface area contributed by atoms with E-state index in [1.165, 1.54) is 18.2 Å². The summed E-state index contributed by atoms with van der Waals surface area (Å²) in [5.74, 6) is -1.17. The van der Waals surface area contributed by atoms with Gasteiger partial charge in [0.15, 0.2) is 0 Å². The van der Waals surface area contributed by atoms with Crippen LogP contribution in [0.3, 0.4) is 0 Å². The van der Waals surface area contributed by atoms with E-state index in [4.69, 9.17) is 5.11 Å². The average Bonchev–Trinajstić information content (AvgIpc) is 2.50. The van der Waals surface area contributed by atoms with Crippen LogP contribution in [0.1, 0.15) is 38.8 Å². The molecule has 0 aliphatic heterocycles. The molecule has 0 aliphatic rings. The predicted molar refractivity (Wildman–Crippen MR) is 82.3 cm³/mol. The number of amides is 1. The molecule has 2 rings (SSSR count). The number of hydrogen-bond donors (Lipinski definition) is 3. The Balaban J connectivity index is 2.27. The fourth-order valence-electron chi connectivity index (χ4n) is 2.17. The largest absolute Gasteiger partial charge is 0.508 e. The number of carboxylic acids is 1. The zero-order valence-corrected chi connectivity index (χ0v) is 12.2. The van der Waals surface area contributed by atoms with Crippen molar-refractivity contribution >= 4 is 11.9 Å². The second kappa shape index (κ2) is 6.76. The van der Waals surface area contributed by atoms with Crippen LogP contribution in [0.25, 0.3) is 0 Å². The summed E-state index contributed by atoms with van der Waals surface area (Å²) in [5, 5.41) is 21.6. The maximum Gasteiger partial charge on any atom is 0.335 e. The molecule has 0 saturated carbocycles. The Labute approximate surface area is 128 Å². The monoisotopic (exact) mass is 299 g/mol. The van der Waals surface area contributed by atoms with Gasteiger partial charge in [0, 0.05) is 18.5 Å². The molecule has 1 amide bonds. The van der Waals surface area contributed by atoms with Crippen LogP contribution in [-0.2, 0) is 6.42 Å². The summed E-state index contributed by atoms with van der Waals surface area (Å²) < 4.78 is 0. The van der Waals surface area contributed by atoms with Gasteiger partial charge in [0.2, 0.25) is 0 Å². The van der Waals surface area contributed by atoms with E-state index < -0.39 is 5.97 Å². The lowest BCUT2D eigenvalue weighted by Crippen LogP contribution is -2.22. The average molecular weight is 299 g/mol. The lowest BCUT2D eigenvalue weighted by Gasteiger charge is -2.08. The summed E-state index contributed by atoms with van der Waals surface area (Å²) in [4.78, 5) is 22.8. The summed E-state index contributed by atoms with van der Waals surface area (Å²) in [6, 6.07) is 11.2. The van der Waals surface area contributed by atoms with Crippen molar-refractivity contribution in [2.24, 2.45) is 0 Å². The molecule has 0 radical (unpaired) electrons. The molecular formula is C17H17NO4. The predicted octanol–water partition coefficient (Wildman–Crippen LogP) is 2.43. The number of carbonyl (C=O) groups is 2. The number of nitrogens with one attached hydrogen (secondary N) is 1. The number of rotatable bonds is 5. The first kappa shape index (κ1) is 15.6. The molecule has 0 aromatic heterocycles. The van der Waals surface area contributed by atoms with E-state index in [0.717, 1.165) is 5.56 Å². The number of benzene rings is 2. The van der Waals surface area contributed by atoms with Gasteiger partial charge in [0.05, 0.1) is 5.56 Å². The van der Waals surface area contributed by atoms with Crippen molar-refractivity contribution in [1.29, 1.82) is 0 Å². The normalized spacial score (nSPS) is 10.2. The Kier molecular flexibility index (Phi) is 4.78. The number of phenolic OH excluding ortho intramolecular Hbond substituents is 1. The highest BCUT2D eigenvalue weighted by Crippen LogP contribution is 2.22. The first-order chi connectivity index (χ1) is 10.5. The summed E-state index contributed by atoms with van der Waals surface area (Å²) in [6.45, 7) is 2.39. The standard InChI is InChI=1S/C17H17NO4/c1-2-18-16(20)12-5-3-4-11(8-12)9-14-10-13(17(21)22)6-7-15(14)19/h3-8,10,19H,2,9H2,1H3,(H,18,20)(H,21,22). The van der Waals surface area contributed by atoms with Crippen LogP contribution in [0.4, 0.5) is 0 Å². The first-order valence-corrected chi connectivity index (χ1v) is 6.93. The van der Waals surface area contributed by atoms with Gasteiger partial charge in [-0.05, 0) is 48.4 Å². The van der Waals surface area contributed by atoms with Crippen molar-refractivity contribution in [3.63, 3.8) is 0 Å². The quantitative estimate of drug-likeness (QED) is 0.791. The van der Waals surface area contributed by atoms with Crippen LogP contribution in [0.5, 0.6) is 5.75 Å². The van der Waals surface area contributed by atoms with Gasteiger partial charge in [-0.25, -0.2) is 4.79 Å². The first-order valence-electron chi connectivity index (χ1n) is 6.93. The van der Waals surface area contributed by atoms with Gasteiger partial charge < -0.3 is 15.5 Å². The number of hydrogen-bond acceptors (Lipinski definition) is 3. The van der Waals surface area contributed by atoms with Gasteiger partial charge in [-0.3, -0.25) is 4.79 Å². The number of carboxylic acid groups (broad SMARTS) is 1. The zero-order valence-electron chi connectivity index (χ0n) is 12.2. The molecule has 0 spiro atoms. The molecule has 0 fully saturated rings. The minimum absolute atomic E-state index is 0.0356. The minimum atomic E-state index is -1.04. The van der Waals surface area contributed by atoms with Crippen molar-refractivity contribution in [2.75, 3.05) is 6.54 Å². The van der Waals surface area contributed by atoms with Crippen molar-refractivity contribution in [3.8, 4) is 5.75 Å². The Morgan fingerprint density at radius 3 is 2.55 bits per heavy atom. The van der Waals surface area contributed by atoms with Crippen LogP contribution in [0.2, 0.25) is 0 Å². The van der Waals surface area contributed by atoms with Gasteiger partial charge in [-0.1, -0.05) is 12.1 Å². The molecule has 2 aromatic carbocycles. The molecule has 3 N–H and O–H groups in total. The molecule has 0 atom stereocenters. The molecule has 0 saturated heterocycles. The van der Waals surface area contributed by atoms with Crippen LogP contribution in [0, 0.1) is 0 Å². The second-order valence-corrected chi connectivity index (χ2v) is 4.89. The van der Waals surface area contributed by atoms with Crippen molar-refractivity contribution in [1.82, 2.24) is 5.32 Å². The molecule has 114 valence electrons. The van der Waals surface area contributed by atoms with Crippen molar-refractivity contribution in [3.05, 3.63) is 64.7 Å². The maximum absolute atomic E-state index is 11.8. The lowest BCUT2D eigenvalue weighted by molar-refractivity contribution is 0.0696. The fraction of sp³-hybridized carbons (Fsp3) is 0.176. The summed E-state index contributed by atoms with van der Waals surface area (Å²) in [7, 11) is 0. The highest BCUT2D eigenvalue weighted by Gasteiger charge is 2.10. The molecule has 5 heteroatoms. The van der Waals surface area contributed by atoms with Gasteiger partial charge in [0.25, 0.3) is 5.91 Å². The Morgan fingerprint density at radius 2 is 1.86 bits per heavy atom. The third-order valence-electron chi connectivity index (χ3n) is 3.25. The summed E-state index contributed by atoms with van der Waals surface area (Å²) in [6.07, 6.45) is 0.347. The fourth-order valence-corrected chi connectivity index (χ4v) is 2.17. The molecule has 0 unspecified atom stereocenters. The number of aromatic carboxylic acids is 1. The Morgan fingerprint density at radius 1 is 1.09 bits per heavy atom. The molecule has 22 heavy (non-hydrogen) atoms.